The van der Waals surface area contributed by atoms with Crippen LogP contribution in [0.4, 0.5) is 0 Å². The van der Waals surface area contributed by atoms with E-state index in [1.807, 2.05) is 36.4 Å². The highest BCUT2D eigenvalue weighted by Gasteiger charge is 2.17. The summed E-state index contributed by atoms with van der Waals surface area (Å²) in [4.78, 5) is 0. The molecule has 86 valence electrons. The minimum absolute atomic E-state index is 0.0493. The van der Waals surface area contributed by atoms with Gasteiger partial charge in [-0.2, -0.15) is 5.26 Å². The number of hydrogen-bond acceptors (Lipinski definition) is 4. The van der Waals surface area contributed by atoms with Crippen molar-refractivity contribution in [1.82, 2.24) is 0 Å². The van der Waals surface area contributed by atoms with Gasteiger partial charge in [0.1, 0.15) is 0 Å². The van der Waals surface area contributed by atoms with E-state index in [4.69, 9.17) is 15.1 Å². The largest absolute Gasteiger partial charge is 0.395 e. The lowest BCUT2D eigenvalue weighted by atomic mass is 10.1. The van der Waals surface area contributed by atoms with Crippen LogP contribution in [-0.4, -0.2) is 29.5 Å². The summed E-state index contributed by atoms with van der Waals surface area (Å²) in [5.41, 5.74) is 1.01. The summed E-state index contributed by atoms with van der Waals surface area (Å²) >= 11 is 0. The maximum absolute atomic E-state index is 9.48. The van der Waals surface area contributed by atoms with Gasteiger partial charge in [0.2, 0.25) is 0 Å². The number of nitriles is 1. The van der Waals surface area contributed by atoms with Crippen molar-refractivity contribution in [2.75, 3.05) is 13.2 Å². The Morgan fingerprint density at radius 3 is 2.56 bits per heavy atom. The van der Waals surface area contributed by atoms with Gasteiger partial charge in [-0.25, -0.2) is 0 Å². The molecule has 0 bridgehead atoms. The lowest BCUT2D eigenvalue weighted by Crippen LogP contribution is -2.27. The summed E-state index contributed by atoms with van der Waals surface area (Å²) in [6, 6.07) is 11.4. The molecule has 0 aromatic heterocycles. The topological polar surface area (TPSA) is 73.5 Å². The van der Waals surface area contributed by atoms with Crippen LogP contribution in [-0.2, 0) is 11.3 Å². The first kappa shape index (κ1) is 12.7. The lowest BCUT2D eigenvalue weighted by molar-refractivity contribution is -0.00155. The van der Waals surface area contributed by atoms with E-state index < -0.39 is 12.0 Å². The van der Waals surface area contributed by atoms with Crippen molar-refractivity contribution in [3.63, 3.8) is 0 Å². The summed E-state index contributed by atoms with van der Waals surface area (Å²) < 4.78 is 5.25. The normalized spacial score (nSPS) is 14.1. The first-order valence-electron chi connectivity index (χ1n) is 5.08. The molecule has 4 nitrogen and oxygen atoms in total. The zero-order valence-corrected chi connectivity index (χ0v) is 8.91. The fourth-order valence-corrected chi connectivity index (χ4v) is 1.24. The summed E-state index contributed by atoms with van der Waals surface area (Å²) in [5.74, 6) is -0.782. The average Bonchev–Trinajstić information content (AvgIpc) is 2.32. The first-order chi connectivity index (χ1) is 7.77. The highest BCUT2D eigenvalue weighted by Crippen LogP contribution is 2.05. The minimum atomic E-state index is -0.946. The quantitative estimate of drug-likeness (QED) is 0.741. The number of benzene rings is 1. The third-order valence-electron chi connectivity index (χ3n) is 2.23. The van der Waals surface area contributed by atoms with Crippen molar-refractivity contribution in [3.05, 3.63) is 35.9 Å². The molecule has 0 aliphatic carbocycles. The molecule has 1 aromatic rings. The van der Waals surface area contributed by atoms with Crippen LogP contribution in [0.2, 0.25) is 0 Å². The van der Waals surface area contributed by atoms with Gasteiger partial charge in [-0.3, -0.25) is 0 Å². The van der Waals surface area contributed by atoms with Gasteiger partial charge >= 0.3 is 0 Å². The predicted octanol–water partition coefficient (Wildman–Crippen LogP) is 0.696. The number of aliphatic hydroxyl groups is 2. The molecule has 1 aromatic carbocycles. The van der Waals surface area contributed by atoms with Gasteiger partial charge in [-0.05, 0) is 5.56 Å². The van der Waals surface area contributed by atoms with Crippen molar-refractivity contribution < 1.29 is 14.9 Å². The van der Waals surface area contributed by atoms with Crippen LogP contribution < -0.4 is 0 Å². The van der Waals surface area contributed by atoms with E-state index in [0.29, 0.717) is 6.61 Å². The molecule has 1 rings (SSSR count). The maximum atomic E-state index is 9.48. The highest BCUT2D eigenvalue weighted by atomic mass is 16.5. The van der Waals surface area contributed by atoms with Crippen molar-refractivity contribution in [2.45, 2.75) is 12.7 Å². The Bertz CT molecular complexity index is 334. The van der Waals surface area contributed by atoms with Crippen molar-refractivity contribution in [2.24, 2.45) is 5.92 Å². The third-order valence-corrected chi connectivity index (χ3v) is 2.23. The Labute approximate surface area is 94.7 Å². The highest BCUT2D eigenvalue weighted by molar-refractivity contribution is 5.13. The average molecular weight is 221 g/mol. The van der Waals surface area contributed by atoms with Crippen LogP contribution in [0.1, 0.15) is 5.56 Å². The standard InChI is InChI=1S/C12H15NO3/c13-6-11(7-14)12(15)9-16-8-10-4-2-1-3-5-10/h1-5,11-12,14-15H,7-9H2/t11-,12+/m0/s1. The second kappa shape index (κ2) is 6.96. The summed E-state index contributed by atoms with van der Waals surface area (Å²) in [6.45, 7) is 0.0848. The third kappa shape index (κ3) is 3.99. The second-order valence-corrected chi connectivity index (χ2v) is 3.49. The summed E-state index contributed by atoms with van der Waals surface area (Å²) in [6.07, 6.45) is -0.946. The molecule has 16 heavy (non-hydrogen) atoms. The van der Waals surface area contributed by atoms with Crippen molar-refractivity contribution in [1.29, 1.82) is 5.26 Å². The monoisotopic (exact) mass is 221 g/mol. The molecule has 0 spiro atoms. The molecule has 0 aliphatic heterocycles. The molecule has 4 heteroatoms. The van der Waals surface area contributed by atoms with Gasteiger partial charge in [-0.1, -0.05) is 30.3 Å². The lowest BCUT2D eigenvalue weighted by Gasteiger charge is -2.14. The SMILES string of the molecule is N#C[C@@H](CO)[C@H](O)COCc1ccccc1. The van der Waals surface area contributed by atoms with E-state index in [1.165, 1.54) is 0 Å². The fourth-order valence-electron chi connectivity index (χ4n) is 1.24. The number of ether oxygens (including phenoxy) is 1. The number of hydrogen-bond donors (Lipinski definition) is 2. The van der Waals surface area contributed by atoms with E-state index >= 15 is 0 Å². The van der Waals surface area contributed by atoms with E-state index in [-0.39, 0.29) is 13.2 Å². The number of nitrogens with zero attached hydrogens (tertiary/aromatic N) is 1. The smallest absolute Gasteiger partial charge is 0.0975 e. The molecule has 0 radical (unpaired) electrons. The van der Waals surface area contributed by atoms with Crippen LogP contribution in [0.5, 0.6) is 0 Å². The van der Waals surface area contributed by atoms with Gasteiger partial charge in [-0.15, -0.1) is 0 Å². The molecule has 0 aliphatic rings. The molecule has 0 heterocycles. The zero-order chi connectivity index (χ0) is 11.8. The van der Waals surface area contributed by atoms with Crippen LogP contribution in [0.3, 0.4) is 0 Å². The van der Waals surface area contributed by atoms with Crippen molar-refractivity contribution in [3.8, 4) is 6.07 Å². The first-order valence-corrected chi connectivity index (χ1v) is 5.08. The van der Waals surface area contributed by atoms with Crippen LogP contribution >= 0.6 is 0 Å². The minimum Gasteiger partial charge on any atom is -0.395 e. The van der Waals surface area contributed by atoms with Gasteiger partial charge in [0.25, 0.3) is 0 Å². The van der Waals surface area contributed by atoms with Gasteiger partial charge in [0.15, 0.2) is 0 Å². The second-order valence-electron chi connectivity index (χ2n) is 3.49. The fraction of sp³-hybridized carbons (Fsp3) is 0.417. The predicted molar refractivity (Wildman–Crippen MR) is 58.3 cm³/mol. The number of rotatable bonds is 6. The Morgan fingerprint density at radius 2 is 2.00 bits per heavy atom. The Hall–Kier alpha value is -1.41. The zero-order valence-electron chi connectivity index (χ0n) is 8.91. The molecule has 2 N–H and O–H groups in total. The Kier molecular flexibility index (Phi) is 5.51. The molecule has 0 fully saturated rings. The van der Waals surface area contributed by atoms with E-state index in [9.17, 15) is 5.11 Å². The molecule has 0 saturated heterocycles. The van der Waals surface area contributed by atoms with Crippen molar-refractivity contribution >= 4 is 0 Å². The molecule has 0 unspecified atom stereocenters. The van der Waals surface area contributed by atoms with Crippen LogP contribution in [0.15, 0.2) is 30.3 Å². The van der Waals surface area contributed by atoms with E-state index in [0.717, 1.165) is 5.56 Å². The van der Waals surface area contributed by atoms with Gasteiger partial charge < -0.3 is 14.9 Å². The Balaban J connectivity index is 2.28. The summed E-state index contributed by atoms with van der Waals surface area (Å²) in [7, 11) is 0. The Morgan fingerprint density at radius 1 is 1.31 bits per heavy atom. The molecule has 0 saturated carbocycles. The van der Waals surface area contributed by atoms with E-state index in [2.05, 4.69) is 0 Å². The van der Waals surface area contributed by atoms with E-state index in [1.54, 1.807) is 0 Å². The van der Waals surface area contributed by atoms with Crippen LogP contribution in [0, 0.1) is 17.2 Å². The molecule has 2 atom stereocenters. The molecule has 0 amide bonds. The number of aliphatic hydroxyl groups excluding tert-OH is 2. The van der Waals surface area contributed by atoms with Gasteiger partial charge in [0.05, 0.1) is 37.9 Å². The van der Waals surface area contributed by atoms with Crippen LogP contribution in [0.25, 0.3) is 0 Å². The van der Waals surface area contributed by atoms with Gasteiger partial charge in [0, 0.05) is 0 Å². The molecular formula is C12H15NO3. The maximum Gasteiger partial charge on any atom is 0.0975 e. The summed E-state index contributed by atoms with van der Waals surface area (Å²) in [5, 5.41) is 26.8. The molecular weight excluding hydrogens is 206 g/mol.